The van der Waals surface area contributed by atoms with Gasteiger partial charge in [-0.1, -0.05) is 57.4 Å². The molecule has 0 N–H and O–H groups in total. The van der Waals surface area contributed by atoms with Crippen molar-refractivity contribution in [3.8, 4) is 0 Å². The van der Waals surface area contributed by atoms with Gasteiger partial charge >= 0.3 is 5.65 Å². The van der Waals surface area contributed by atoms with E-state index in [0.29, 0.717) is 5.82 Å². The van der Waals surface area contributed by atoms with Crippen LogP contribution in [0.3, 0.4) is 0 Å². The quantitative estimate of drug-likeness (QED) is 0.436. The predicted octanol–water partition coefficient (Wildman–Crippen LogP) is 4.92. The zero-order valence-electron chi connectivity index (χ0n) is 14.2. The molecule has 2 aromatic carbocycles. The van der Waals surface area contributed by atoms with Crippen LogP contribution in [-0.2, 0) is 0 Å². The maximum atomic E-state index is 4.87. The second-order valence-electron chi connectivity index (χ2n) is 6.11. The van der Waals surface area contributed by atoms with Gasteiger partial charge in [0.1, 0.15) is 6.20 Å². The van der Waals surface area contributed by atoms with Gasteiger partial charge < -0.3 is 10.4 Å². The van der Waals surface area contributed by atoms with Gasteiger partial charge in [0.2, 0.25) is 0 Å². The van der Waals surface area contributed by atoms with Gasteiger partial charge in [-0.25, -0.2) is 0 Å². The lowest BCUT2D eigenvalue weighted by molar-refractivity contribution is -0.583. The third kappa shape index (κ3) is 2.94. The number of benzene rings is 2. The van der Waals surface area contributed by atoms with Crippen molar-refractivity contribution in [1.29, 1.82) is 0 Å². The topological polar surface area (TPSA) is 47.2 Å². The van der Waals surface area contributed by atoms with Gasteiger partial charge in [-0.15, -0.1) is 10.2 Å². The number of anilines is 2. The van der Waals surface area contributed by atoms with Crippen LogP contribution in [0.4, 0.5) is 11.5 Å². The van der Waals surface area contributed by atoms with Crippen LogP contribution in [-0.4, -0.2) is 10.1 Å². The highest BCUT2D eigenvalue weighted by molar-refractivity contribution is 9.10. The molecule has 0 amide bonds. The minimum Gasteiger partial charge on any atom is -0.586 e. The van der Waals surface area contributed by atoms with Crippen molar-refractivity contribution in [1.82, 2.24) is 10.1 Å². The average Bonchev–Trinajstić information content (AvgIpc) is 2.73. The Labute approximate surface area is 164 Å². The van der Waals surface area contributed by atoms with Crippen molar-refractivity contribution in [2.24, 2.45) is 0 Å². The van der Waals surface area contributed by atoms with Crippen molar-refractivity contribution < 1.29 is 4.52 Å². The summed E-state index contributed by atoms with van der Waals surface area (Å²) in [5, 5.41) is 6.60. The summed E-state index contributed by atoms with van der Waals surface area (Å²) in [6, 6.07) is 23.9. The largest absolute Gasteiger partial charge is 0.586 e. The Morgan fingerprint density at radius 3 is 2.48 bits per heavy atom. The number of fused-ring (bicyclic) bond motifs is 2. The number of rotatable bonds is 2. The Hall–Kier alpha value is -3.25. The average molecular weight is 416 g/mol. The summed E-state index contributed by atoms with van der Waals surface area (Å²) < 4.78 is 2.80. The van der Waals surface area contributed by atoms with Crippen LogP contribution >= 0.6 is 15.9 Å². The molecule has 0 aliphatic carbocycles. The normalized spacial score (nSPS) is 13.1. The lowest BCUT2D eigenvalue weighted by atomic mass is 10.1. The van der Waals surface area contributed by atoms with Gasteiger partial charge in [0.05, 0.1) is 0 Å². The molecule has 3 heterocycles. The molecular formula is C21H14BrN5. The molecule has 4 aromatic rings. The summed E-state index contributed by atoms with van der Waals surface area (Å²) in [5.41, 5.74) is 9.21. The summed E-state index contributed by atoms with van der Waals surface area (Å²) in [5.74, 6) is 0.711. The number of nitrogens with zero attached hydrogens (tertiary/aromatic N) is 5. The van der Waals surface area contributed by atoms with E-state index in [1.807, 2.05) is 90.1 Å². The third-order valence-corrected chi connectivity index (χ3v) is 4.83. The monoisotopic (exact) mass is 415 g/mol. The van der Waals surface area contributed by atoms with Crippen molar-refractivity contribution in [3.05, 3.63) is 100 Å². The molecule has 130 valence electrons. The summed E-state index contributed by atoms with van der Waals surface area (Å²) in [6.45, 7) is 0. The molecular weight excluding hydrogens is 402 g/mol. The Morgan fingerprint density at radius 2 is 1.67 bits per heavy atom. The lowest BCUT2D eigenvalue weighted by Crippen LogP contribution is -2.31. The van der Waals surface area contributed by atoms with E-state index in [9.17, 15) is 0 Å². The maximum Gasteiger partial charge on any atom is 0.350 e. The second kappa shape index (κ2) is 6.48. The summed E-state index contributed by atoms with van der Waals surface area (Å²) in [7, 11) is 0. The predicted molar refractivity (Wildman–Crippen MR) is 109 cm³/mol. The van der Waals surface area contributed by atoms with Crippen LogP contribution in [0.25, 0.3) is 22.8 Å². The van der Waals surface area contributed by atoms with Crippen molar-refractivity contribution >= 4 is 44.9 Å². The van der Waals surface area contributed by atoms with Gasteiger partial charge in [-0.3, -0.25) is 0 Å². The maximum absolute atomic E-state index is 4.87. The van der Waals surface area contributed by atoms with E-state index in [0.717, 1.165) is 32.8 Å². The summed E-state index contributed by atoms with van der Waals surface area (Å²) in [6.07, 6.45) is 3.88. The molecule has 0 atom stereocenters. The van der Waals surface area contributed by atoms with E-state index in [-0.39, 0.29) is 0 Å². The van der Waals surface area contributed by atoms with Crippen LogP contribution in [0.15, 0.2) is 83.5 Å². The highest BCUT2D eigenvalue weighted by Crippen LogP contribution is 2.40. The summed E-state index contributed by atoms with van der Waals surface area (Å²) >= 11 is 3.49. The number of halogens is 1. The molecule has 0 unspecified atom stereocenters. The first kappa shape index (κ1) is 16.0. The molecule has 0 spiro atoms. The van der Waals surface area contributed by atoms with Crippen molar-refractivity contribution in [3.63, 3.8) is 0 Å². The molecule has 0 bridgehead atoms. The standard InChI is InChI=1S/C21H14BrN5/c22-16-9-11-17(12-10-16)27-21-19(24-26-13-5-4-8-20(26)23-21)14-18(25-27)15-6-2-1-3-7-15/h1-14H. The first-order valence-corrected chi connectivity index (χ1v) is 9.30. The van der Waals surface area contributed by atoms with Crippen molar-refractivity contribution in [2.75, 3.05) is 5.01 Å². The lowest BCUT2D eigenvalue weighted by Gasteiger charge is -2.41. The molecule has 27 heavy (non-hydrogen) atoms. The second-order valence-corrected chi connectivity index (χ2v) is 7.02. The van der Waals surface area contributed by atoms with Crippen LogP contribution < -0.4 is 9.52 Å². The molecule has 0 fully saturated rings. The fraction of sp³-hybridized carbons (Fsp3) is 0. The highest BCUT2D eigenvalue weighted by Gasteiger charge is 2.22. The third-order valence-electron chi connectivity index (χ3n) is 4.31. The molecule has 0 saturated carbocycles. The fourth-order valence-electron chi connectivity index (χ4n) is 3.00. The minimum absolute atomic E-state index is 0.711. The molecule has 6 heteroatoms. The van der Waals surface area contributed by atoms with Gasteiger partial charge in [0.25, 0.3) is 5.82 Å². The Kier molecular flexibility index (Phi) is 3.83. The van der Waals surface area contributed by atoms with Gasteiger partial charge in [-0.05, 0) is 47.0 Å². The van der Waals surface area contributed by atoms with Crippen LogP contribution in [0.1, 0.15) is 11.3 Å². The molecule has 0 saturated heterocycles. The molecule has 5 nitrogen and oxygen atoms in total. The minimum atomic E-state index is 0.711. The first-order chi connectivity index (χ1) is 13.3. The zero-order valence-corrected chi connectivity index (χ0v) is 15.8. The molecule has 1 aliphatic rings. The zero-order chi connectivity index (χ0) is 18.2. The smallest absolute Gasteiger partial charge is 0.350 e. The highest BCUT2D eigenvalue weighted by atomic mass is 79.9. The van der Waals surface area contributed by atoms with E-state index in [1.165, 1.54) is 0 Å². The van der Waals surface area contributed by atoms with Crippen LogP contribution in [0.2, 0.25) is 0 Å². The van der Waals surface area contributed by atoms with Gasteiger partial charge in [0.15, 0.2) is 5.69 Å². The Bertz CT molecular complexity index is 1160. The number of hydrogen-bond acceptors (Lipinski definition) is 3. The fourth-order valence-corrected chi connectivity index (χ4v) is 3.26. The number of pyridine rings is 1. The Morgan fingerprint density at radius 1 is 0.889 bits per heavy atom. The van der Waals surface area contributed by atoms with E-state index in [2.05, 4.69) is 15.9 Å². The molecule has 1 aliphatic heterocycles. The number of hydrogen-bond donors (Lipinski definition) is 0. The van der Waals surface area contributed by atoms with Crippen LogP contribution in [0, 0.1) is 0 Å². The van der Waals surface area contributed by atoms with Crippen LogP contribution in [0.5, 0.6) is 0 Å². The SMILES string of the molecule is Brc1ccc(N2[N-]C(c3ccccc3)=Cc3n[n+]4ccccc4nc32)cc1. The molecule has 2 aromatic heterocycles. The van der Waals surface area contributed by atoms with Gasteiger partial charge in [0, 0.05) is 16.2 Å². The first-order valence-electron chi connectivity index (χ1n) is 8.51. The summed E-state index contributed by atoms with van der Waals surface area (Å²) in [4.78, 5) is 4.80. The van der Waals surface area contributed by atoms with E-state index < -0.39 is 0 Å². The van der Waals surface area contributed by atoms with Gasteiger partial charge in [-0.2, -0.15) is 0 Å². The van der Waals surface area contributed by atoms with E-state index in [4.69, 9.17) is 15.5 Å². The van der Waals surface area contributed by atoms with E-state index >= 15 is 0 Å². The van der Waals surface area contributed by atoms with E-state index in [1.54, 1.807) is 4.52 Å². The Balaban J connectivity index is 1.72. The van der Waals surface area contributed by atoms with Crippen molar-refractivity contribution in [2.45, 2.75) is 0 Å². The molecule has 5 rings (SSSR count). The number of aromatic nitrogens is 3. The molecule has 0 radical (unpaired) electrons.